The van der Waals surface area contributed by atoms with E-state index in [1.54, 1.807) is 0 Å². The molecular formula is C47H32N4O. The maximum Gasteiger partial charge on any atom is 0.160 e. The molecule has 3 heterocycles. The summed E-state index contributed by atoms with van der Waals surface area (Å²) in [4.78, 5) is 15.4. The summed E-state index contributed by atoms with van der Waals surface area (Å²) in [6, 6.07) is 54.2. The minimum Gasteiger partial charge on any atom is -0.456 e. The number of hydrogen-bond acceptors (Lipinski definition) is 4. The van der Waals surface area contributed by atoms with Crippen molar-refractivity contribution in [3.63, 3.8) is 0 Å². The average Bonchev–Trinajstić information content (AvgIpc) is 3.81. The molecule has 9 aromatic rings. The molecule has 0 aliphatic heterocycles. The van der Waals surface area contributed by atoms with Gasteiger partial charge in [0.05, 0.1) is 22.4 Å². The van der Waals surface area contributed by atoms with Crippen LogP contribution in [0.1, 0.15) is 23.7 Å². The van der Waals surface area contributed by atoms with Gasteiger partial charge < -0.3 is 4.42 Å². The quantitative estimate of drug-likeness (QED) is 0.177. The number of benzene rings is 6. The van der Waals surface area contributed by atoms with E-state index in [4.69, 9.17) is 19.4 Å². The van der Waals surface area contributed by atoms with Crippen molar-refractivity contribution in [1.29, 1.82) is 0 Å². The topological polar surface area (TPSA) is 56.7 Å². The zero-order valence-corrected chi connectivity index (χ0v) is 28.2. The highest BCUT2D eigenvalue weighted by Crippen LogP contribution is 2.43. The molecule has 0 fully saturated rings. The van der Waals surface area contributed by atoms with Gasteiger partial charge in [-0.15, -0.1) is 0 Å². The van der Waals surface area contributed by atoms with Crippen LogP contribution in [0.15, 0.2) is 180 Å². The van der Waals surface area contributed by atoms with Crippen LogP contribution in [0, 0.1) is 0 Å². The van der Waals surface area contributed by atoms with Crippen LogP contribution in [0.2, 0.25) is 0 Å². The molecule has 1 atom stereocenters. The van der Waals surface area contributed by atoms with E-state index < -0.39 is 0 Å². The predicted octanol–water partition coefficient (Wildman–Crippen LogP) is 11.8. The van der Waals surface area contributed by atoms with Gasteiger partial charge in [-0.2, -0.15) is 0 Å². The Balaban J connectivity index is 1.16. The summed E-state index contributed by atoms with van der Waals surface area (Å²) in [5, 5.41) is 2.17. The van der Waals surface area contributed by atoms with Gasteiger partial charge in [-0.1, -0.05) is 133 Å². The number of nitrogens with zero attached hydrogens (tertiary/aromatic N) is 4. The number of furan rings is 1. The average molecular weight is 669 g/mol. The van der Waals surface area contributed by atoms with E-state index in [0.717, 1.165) is 84.6 Å². The number of imidazole rings is 1. The first-order valence-electron chi connectivity index (χ1n) is 17.6. The van der Waals surface area contributed by atoms with Gasteiger partial charge in [0.2, 0.25) is 0 Å². The molecule has 5 nitrogen and oxygen atoms in total. The van der Waals surface area contributed by atoms with E-state index in [1.165, 1.54) is 5.56 Å². The van der Waals surface area contributed by atoms with E-state index in [9.17, 15) is 0 Å². The molecular weight excluding hydrogens is 637 g/mol. The predicted molar refractivity (Wildman–Crippen MR) is 211 cm³/mol. The van der Waals surface area contributed by atoms with Crippen molar-refractivity contribution >= 4 is 38.5 Å². The molecule has 0 saturated carbocycles. The third-order valence-corrected chi connectivity index (χ3v) is 9.96. The van der Waals surface area contributed by atoms with Gasteiger partial charge in [0.15, 0.2) is 5.82 Å². The highest BCUT2D eigenvalue weighted by atomic mass is 16.3. The molecule has 1 aliphatic rings. The van der Waals surface area contributed by atoms with Crippen molar-refractivity contribution in [3.8, 4) is 39.6 Å². The Hall–Kier alpha value is -6.85. The molecule has 0 spiro atoms. The van der Waals surface area contributed by atoms with Crippen molar-refractivity contribution in [1.82, 2.24) is 19.5 Å². The first kappa shape index (κ1) is 30.0. The van der Waals surface area contributed by atoms with Crippen LogP contribution in [-0.4, -0.2) is 19.5 Å². The van der Waals surface area contributed by atoms with Crippen molar-refractivity contribution in [3.05, 3.63) is 187 Å². The molecule has 5 heteroatoms. The van der Waals surface area contributed by atoms with Gasteiger partial charge in [0.1, 0.15) is 17.0 Å². The van der Waals surface area contributed by atoms with Crippen molar-refractivity contribution in [2.45, 2.75) is 12.3 Å². The largest absolute Gasteiger partial charge is 0.456 e. The lowest BCUT2D eigenvalue weighted by Gasteiger charge is -2.19. The van der Waals surface area contributed by atoms with Crippen LogP contribution in [-0.2, 0) is 0 Å². The Morgan fingerprint density at radius 1 is 0.577 bits per heavy atom. The summed E-state index contributed by atoms with van der Waals surface area (Å²) in [6.45, 7) is 0. The molecule has 6 aromatic carbocycles. The highest BCUT2D eigenvalue weighted by Gasteiger charge is 2.24. The molecule has 0 radical (unpaired) electrons. The standard InChI is InChI=1S/C47H32N4O/c1-4-15-31(16-5-1)39-30-40(49-46(48-39)32-17-6-2-7-18-32)37-24-14-28-43-45(37)44-36(23-13-27-42(44)52-43)33-19-12-20-34(29-33)47-50-38-25-10-11-26-41(38)51(47)35-21-8-3-9-22-35/h1-18,20-30,33H,19H2. The zero-order chi connectivity index (χ0) is 34.4. The minimum atomic E-state index is 0.103. The molecule has 0 saturated heterocycles. The summed E-state index contributed by atoms with van der Waals surface area (Å²) in [5.41, 5.74) is 11.9. The van der Waals surface area contributed by atoms with Crippen molar-refractivity contribution < 1.29 is 4.42 Å². The minimum absolute atomic E-state index is 0.103. The second-order valence-electron chi connectivity index (χ2n) is 13.2. The monoisotopic (exact) mass is 668 g/mol. The van der Waals surface area contributed by atoms with E-state index >= 15 is 0 Å². The maximum absolute atomic E-state index is 6.61. The Morgan fingerprint density at radius 2 is 1.25 bits per heavy atom. The van der Waals surface area contributed by atoms with Gasteiger partial charge in [-0.05, 0) is 54.4 Å². The van der Waals surface area contributed by atoms with Crippen LogP contribution < -0.4 is 0 Å². The van der Waals surface area contributed by atoms with Gasteiger partial charge in [0, 0.05) is 44.6 Å². The second-order valence-corrected chi connectivity index (χ2v) is 13.2. The van der Waals surface area contributed by atoms with E-state index in [0.29, 0.717) is 5.82 Å². The summed E-state index contributed by atoms with van der Waals surface area (Å²) in [6.07, 6.45) is 7.74. The van der Waals surface area contributed by atoms with E-state index in [1.807, 2.05) is 42.5 Å². The second kappa shape index (κ2) is 12.5. The van der Waals surface area contributed by atoms with E-state index in [-0.39, 0.29) is 5.92 Å². The fourth-order valence-corrected chi connectivity index (χ4v) is 7.58. The third-order valence-electron chi connectivity index (χ3n) is 9.96. The molecule has 10 rings (SSSR count). The lowest BCUT2D eigenvalue weighted by molar-refractivity contribution is 0.668. The van der Waals surface area contributed by atoms with E-state index in [2.05, 4.69) is 138 Å². The molecule has 0 amide bonds. The number of rotatable bonds is 6. The first-order valence-corrected chi connectivity index (χ1v) is 17.6. The first-order chi connectivity index (χ1) is 25.8. The van der Waals surface area contributed by atoms with Crippen molar-refractivity contribution in [2.24, 2.45) is 0 Å². The SMILES string of the molecule is C1=CC(c2nc3ccccc3n2-c2ccccc2)=CC(c2cccc3oc4cccc(-c5cc(-c6ccccc6)nc(-c6ccccc6)n5)c4c23)C1. The van der Waals surface area contributed by atoms with Crippen LogP contribution in [0.4, 0.5) is 0 Å². The Morgan fingerprint density at radius 3 is 2.06 bits per heavy atom. The normalized spacial score (nSPS) is 14.3. The summed E-state index contributed by atoms with van der Waals surface area (Å²) < 4.78 is 8.87. The molecule has 1 aliphatic carbocycles. The zero-order valence-electron chi connectivity index (χ0n) is 28.2. The summed E-state index contributed by atoms with van der Waals surface area (Å²) >= 11 is 0. The Labute approximate surface area is 300 Å². The fraction of sp³-hybridized carbons (Fsp3) is 0.0426. The summed E-state index contributed by atoms with van der Waals surface area (Å²) in [7, 11) is 0. The maximum atomic E-state index is 6.61. The number of fused-ring (bicyclic) bond motifs is 4. The van der Waals surface area contributed by atoms with Gasteiger partial charge in [-0.25, -0.2) is 15.0 Å². The van der Waals surface area contributed by atoms with Crippen LogP contribution in [0.5, 0.6) is 0 Å². The van der Waals surface area contributed by atoms with Crippen LogP contribution >= 0.6 is 0 Å². The third kappa shape index (κ3) is 5.14. The smallest absolute Gasteiger partial charge is 0.160 e. The van der Waals surface area contributed by atoms with Crippen LogP contribution in [0.25, 0.3) is 78.1 Å². The molecule has 246 valence electrons. The fourth-order valence-electron chi connectivity index (χ4n) is 7.58. The lowest BCUT2D eigenvalue weighted by Crippen LogP contribution is -2.05. The van der Waals surface area contributed by atoms with Gasteiger partial charge >= 0.3 is 0 Å². The lowest BCUT2D eigenvalue weighted by atomic mass is 9.86. The van der Waals surface area contributed by atoms with Gasteiger partial charge in [0.25, 0.3) is 0 Å². The Bertz CT molecular complexity index is 2760. The van der Waals surface area contributed by atoms with Crippen molar-refractivity contribution in [2.75, 3.05) is 0 Å². The van der Waals surface area contributed by atoms with Gasteiger partial charge in [-0.3, -0.25) is 4.57 Å². The molecule has 3 aromatic heterocycles. The number of allylic oxidation sites excluding steroid dienone is 4. The summed E-state index contributed by atoms with van der Waals surface area (Å²) in [5.74, 6) is 1.72. The molecule has 52 heavy (non-hydrogen) atoms. The number of hydrogen-bond donors (Lipinski definition) is 0. The molecule has 0 N–H and O–H groups in total. The van der Waals surface area contributed by atoms with Crippen LogP contribution in [0.3, 0.4) is 0 Å². The number of aromatic nitrogens is 4. The molecule has 0 bridgehead atoms. The Kier molecular flexibility index (Phi) is 7.21. The molecule has 1 unspecified atom stereocenters. The highest BCUT2D eigenvalue weighted by molar-refractivity contribution is 6.14. The number of para-hydroxylation sites is 3.